The summed E-state index contributed by atoms with van der Waals surface area (Å²) in [5.74, 6) is 0. The van der Waals surface area contributed by atoms with Crippen LogP contribution < -0.4 is 11.1 Å². The Labute approximate surface area is 121 Å². The largest absolute Gasteiger partial charge is 0.389 e. The SMILES string of the molecule is COCC(CNc1ccc(C(N)=S)cc1Br)OC. The average Bonchev–Trinajstić information content (AvgIpc) is 2.35. The predicted molar refractivity (Wildman–Crippen MR) is 81.2 cm³/mol. The summed E-state index contributed by atoms with van der Waals surface area (Å²) in [5.41, 5.74) is 7.37. The van der Waals surface area contributed by atoms with Gasteiger partial charge in [-0.15, -0.1) is 0 Å². The molecule has 100 valence electrons. The Balaban J connectivity index is 2.65. The van der Waals surface area contributed by atoms with Crippen molar-refractivity contribution in [2.75, 3.05) is 32.7 Å². The summed E-state index contributed by atoms with van der Waals surface area (Å²) in [5, 5.41) is 3.28. The van der Waals surface area contributed by atoms with Crippen LogP contribution in [0.5, 0.6) is 0 Å². The summed E-state index contributed by atoms with van der Waals surface area (Å²) >= 11 is 8.40. The van der Waals surface area contributed by atoms with E-state index in [1.54, 1.807) is 14.2 Å². The number of benzene rings is 1. The van der Waals surface area contributed by atoms with Gasteiger partial charge >= 0.3 is 0 Å². The van der Waals surface area contributed by atoms with Crippen molar-refractivity contribution >= 4 is 38.8 Å². The number of methoxy groups -OCH3 is 2. The van der Waals surface area contributed by atoms with E-state index in [0.717, 1.165) is 15.7 Å². The van der Waals surface area contributed by atoms with Crippen LogP contribution in [0.2, 0.25) is 0 Å². The minimum Gasteiger partial charge on any atom is -0.389 e. The molecule has 1 rings (SSSR count). The minimum atomic E-state index is 0.0113. The molecule has 0 saturated heterocycles. The van der Waals surface area contributed by atoms with E-state index < -0.39 is 0 Å². The van der Waals surface area contributed by atoms with Crippen LogP contribution in [0.15, 0.2) is 22.7 Å². The molecule has 0 aliphatic heterocycles. The summed E-state index contributed by atoms with van der Waals surface area (Å²) in [7, 11) is 3.31. The molecule has 0 fully saturated rings. The monoisotopic (exact) mass is 332 g/mol. The maximum Gasteiger partial charge on any atom is 0.104 e. The molecule has 0 bridgehead atoms. The molecular weight excluding hydrogens is 316 g/mol. The topological polar surface area (TPSA) is 56.5 Å². The lowest BCUT2D eigenvalue weighted by Crippen LogP contribution is -2.26. The highest BCUT2D eigenvalue weighted by Gasteiger charge is 2.08. The zero-order valence-corrected chi connectivity index (χ0v) is 12.8. The molecule has 1 unspecified atom stereocenters. The molecule has 0 aliphatic rings. The molecule has 1 aromatic rings. The fourth-order valence-corrected chi connectivity index (χ4v) is 2.08. The molecule has 0 aromatic heterocycles. The number of hydrogen-bond acceptors (Lipinski definition) is 4. The van der Waals surface area contributed by atoms with E-state index in [1.165, 1.54) is 0 Å². The number of nitrogens with two attached hydrogens (primary N) is 1. The smallest absolute Gasteiger partial charge is 0.104 e. The van der Waals surface area contributed by atoms with E-state index >= 15 is 0 Å². The van der Waals surface area contributed by atoms with E-state index in [9.17, 15) is 0 Å². The molecule has 0 radical (unpaired) electrons. The molecule has 0 spiro atoms. The van der Waals surface area contributed by atoms with E-state index in [2.05, 4.69) is 21.2 Å². The first kappa shape index (κ1) is 15.4. The van der Waals surface area contributed by atoms with Gasteiger partial charge in [-0.25, -0.2) is 0 Å². The minimum absolute atomic E-state index is 0.0113. The maximum atomic E-state index is 5.57. The van der Waals surface area contributed by atoms with E-state index in [4.69, 9.17) is 27.4 Å². The van der Waals surface area contributed by atoms with Gasteiger partial charge in [-0.1, -0.05) is 12.2 Å². The van der Waals surface area contributed by atoms with Crippen LogP contribution in [-0.4, -0.2) is 38.5 Å². The maximum absolute atomic E-state index is 5.57. The number of hydrogen-bond donors (Lipinski definition) is 2. The first-order valence-electron chi connectivity index (χ1n) is 5.43. The van der Waals surface area contributed by atoms with Gasteiger partial charge in [0.25, 0.3) is 0 Å². The molecule has 18 heavy (non-hydrogen) atoms. The number of rotatable bonds is 7. The lowest BCUT2D eigenvalue weighted by molar-refractivity contribution is 0.0365. The lowest BCUT2D eigenvalue weighted by atomic mass is 10.2. The second-order valence-electron chi connectivity index (χ2n) is 3.75. The fourth-order valence-electron chi connectivity index (χ4n) is 1.43. The Hall–Kier alpha value is -0.690. The van der Waals surface area contributed by atoms with Crippen molar-refractivity contribution in [3.63, 3.8) is 0 Å². The van der Waals surface area contributed by atoms with Gasteiger partial charge in [0, 0.05) is 36.5 Å². The molecular formula is C12H17BrN2O2S. The van der Waals surface area contributed by atoms with Crippen LogP contribution in [0.1, 0.15) is 5.56 Å². The summed E-state index contributed by atoms with van der Waals surface area (Å²) in [4.78, 5) is 0.386. The van der Waals surface area contributed by atoms with Crippen LogP contribution in [-0.2, 0) is 9.47 Å². The molecule has 0 saturated carbocycles. The molecule has 6 heteroatoms. The molecule has 1 atom stereocenters. The van der Waals surface area contributed by atoms with Gasteiger partial charge in [0.1, 0.15) is 4.99 Å². The zero-order chi connectivity index (χ0) is 13.5. The van der Waals surface area contributed by atoms with Crippen molar-refractivity contribution in [2.24, 2.45) is 5.73 Å². The zero-order valence-electron chi connectivity index (χ0n) is 10.4. The quantitative estimate of drug-likeness (QED) is 0.749. The highest BCUT2D eigenvalue weighted by Crippen LogP contribution is 2.23. The van der Waals surface area contributed by atoms with Gasteiger partial charge in [0.2, 0.25) is 0 Å². The van der Waals surface area contributed by atoms with Gasteiger partial charge in [-0.3, -0.25) is 0 Å². The third-order valence-electron chi connectivity index (χ3n) is 2.46. The van der Waals surface area contributed by atoms with Crippen molar-refractivity contribution < 1.29 is 9.47 Å². The normalized spacial score (nSPS) is 12.2. The van der Waals surface area contributed by atoms with Crippen LogP contribution in [0, 0.1) is 0 Å². The number of anilines is 1. The highest BCUT2D eigenvalue weighted by molar-refractivity contribution is 9.10. The third-order valence-corrected chi connectivity index (χ3v) is 3.35. The van der Waals surface area contributed by atoms with Crippen LogP contribution in [0.3, 0.4) is 0 Å². The van der Waals surface area contributed by atoms with Gasteiger partial charge < -0.3 is 20.5 Å². The summed E-state index contributed by atoms with van der Waals surface area (Å²) in [6, 6.07) is 5.70. The van der Waals surface area contributed by atoms with Crippen molar-refractivity contribution in [3.05, 3.63) is 28.2 Å². The summed E-state index contributed by atoms with van der Waals surface area (Å²) in [6.07, 6.45) is 0.0113. The third kappa shape index (κ3) is 4.53. The predicted octanol–water partition coefficient (Wildman–Crippen LogP) is 2.16. The fraction of sp³-hybridized carbons (Fsp3) is 0.417. The summed E-state index contributed by atoms with van der Waals surface area (Å²) in [6.45, 7) is 1.21. The Morgan fingerprint density at radius 2 is 2.22 bits per heavy atom. The van der Waals surface area contributed by atoms with E-state index in [1.807, 2.05) is 18.2 Å². The number of nitrogens with one attached hydrogen (secondary N) is 1. The number of halogens is 1. The first-order valence-corrected chi connectivity index (χ1v) is 6.63. The van der Waals surface area contributed by atoms with Crippen molar-refractivity contribution in [1.29, 1.82) is 0 Å². The van der Waals surface area contributed by atoms with Crippen molar-refractivity contribution in [3.8, 4) is 0 Å². The van der Waals surface area contributed by atoms with Gasteiger partial charge in [0.15, 0.2) is 0 Å². The Kier molecular flexibility index (Phi) is 6.56. The van der Waals surface area contributed by atoms with E-state index in [-0.39, 0.29) is 6.10 Å². The molecule has 0 amide bonds. The van der Waals surface area contributed by atoms with Crippen LogP contribution >= 0.6 is 28.1 Å². The van der Waals surface area contributed by atoms with Gasteiger partial charge in [-0.2, -0.15) is 0 Å². The van der Waals surface area contributed by atoms with E-state index in [0.29, 0.717) is 18.1 Å². The van der Waals surface area contributed by atoms with Crippen molar-refractivity contribution in [1.82, 2.24) is 0 Å². The second-order valence-corrected chi connectivity index (χ2v) is 5.05. The standard InChI is InChI=1S/C12H17BrN2O2S/c1-16-7-9(17-2)6-15-11-4-3-8(12(14)18)5-10(11)13/h3-5,9,15H,6-7H2,1-2H3,(H2,14,18). The molecule has 3 N–H and O–H groups in total. The Morgan fingerprint density at radius 3 is 2.72 bits per heavy atom. The average molecular weight is 333 g/mol. The molecule has 4 nitrogen and oxygen atoms in total. The summed E-state index contributed by atoms with van der Waals surface area (Å²) < 4.78 is 11.2. The Morgan fingerprint density at radius 1 is 1.50 bits per heavy atom. The van der Waals surface area contributed by atoms with Gasteiger partial charge in [0.05, 0.1) is 12.7 Å². The van der Waals surface area contributed by atoms with Gasteiger partial charge in [-0.05, 0) is 34.1 Å². The number of ether oxygens (including phenoxy) is 2. The molecule has 0 heterocycles. The lowest BCUT2D eigenvalue weighted by Gasteiger charge is -2.16. The van der Waals surface area contributed by atoms with Crippen molar-refractivity contribution in [2.45, 2.75) is 6.10 Å². The second kappa shape index (κ2) is 7.68. The van der Waals surface area contributed by atoms with Crippen LogP contribution in [0.25, 0.3) is 0 Å². The Bertz CT molecular complexity index is 415. The molecule has 0 aliphatic carbocycles. The molecule has 1 aromatic carbocycles. The number of thiocarbonyl (C=S) groups is 1. The first-order chi connectivity index (χ1) is 8.58. The van der Waals surface area contributed by atoms with Crippen LogP contribution in [0.4, 0.5) is 5.69 Å². The highest BCUT2D eigenvalue weighted by atomic mass is 79.9.